The Morgan fingerprint density at radius 3 is 2.52 bits per heavy atom. The first-order valence-electron chi connectivity index (χ1n) is 10.4. The molecule has 172 valence electrons. The fraction of sp³-hybridized carbons (Fsp3) is 0.619. The molecule has 1 fully saturated rings. The molecular formula is C21H30N2O7S. The lowest BCUT2D eigenvalue weighted by atomic mass is 9.83. The number of esters is 1. The van der Waals surface area contributed by atoms with Crippen LogP contribution in [0.5, 0.6) is 11.5 Å². The number of benzene rings is 1. The summed E-state index contributed by atoms with van der Waals surface area (Å²) in [5.74, 6) is 0.224. The standard InChI is InChI=1S/C21H30N2O7S/c1-28-18-9-6-14-11-17(21(25)29-2)22-20(24)16(23-31(3,26)27)10-13-4-7-15(8-5-13)30-19(18)12-14/h6,9,12-13,15-17,23H,4-5,7-8,10-11H2,1-3H3,(H,22,24)/t13-,15+,16-,17-/m0/s1. The molecule has 4 rings (SSSR count). The van der Waals surface area contributed by atoms with Crippen molar-refractivity contribution in [2.45, 2.75) is 56.7 Å². The van der Waals surface area contributed by atoms with Gasteiger partial charge in [-0.05, 0) is 55.7 Å². The number of sulfonamides is 1. The highest BCUT2D eigenvalue weighted by Gasteiger charge is 2.33. The molecule has 0 saturated heterocycles. The Morgan fingerprint density at radius 2 is 1.90 bits per heavy atom. The van der Waals surface area contributed by atoms with E-state index in [0.717, 1.165) is 37.5 Å². The minimum absolute atomic E-state index is 0.00916. The molecule has 4 bridgehead atoms. The Labute approximate surface area is 182 Å². The number of carbonyl (C=O) groups is 2. The molecule has 1 amide bonds. The van der Waals surface area contributed by atoms with Crippen LogP contribution in [0.2, 0.25) is 0 Å². The third-order valence-corrected chi connectivity index (χ3v) is 6.51. The van der Waals surface area contributed by atoms with E-state index < -0.39 is 34.0 Å². The van der Waals surface area contributed by atoms with Crippen molar-refractivity contribution in [3.8, 4) is 11.5 Å². The Hall–Kier alpha value is -2.33. The molecule has 9 nitrogen and oxygen atoms in total. The van der Waals surface area contributed by atoms with E-state index in [-0.39, 0.29) is 18.4 Å². The molecule has 2 heterocycles. The monoisotopic (exact) mass is 454 g/mol. The molecule has 3 aliphatic rings. The Balaban J connectivity index is 1.96. The number of hydrogen-bond donors (Lipinski definition) is 2. The van der Waals surface area contributed by atoms with Gasteiger partial charge in [0.2, 0.25) is 15.9 Å². The first-order valence-corrected chi connectivity index (χ1v) is 12.3. The number of amides is 1. The van der Waals surface area contributed by atoms with E-state index in [1.54, 1.807) is 19.2 Å². The molecule has 2 N–H and O–H groups in total. The second-order valence-electron chi connectivity index (χ2n) is 8.21. The van der Waals surface area contributed by atoms with Crippen LogP contribution in [-0.2, 0) is 30.8 Å². The number of rotatable bonds is 4. The minimum atomic E-state index is -3.61. The summed E-state index contributed by atoms with van der Waals surface area (Å²) in [5.41, 5.74) is 0.755. The number of nitrogens with one attached hydrogen (secondary N) is 2. The van der Waals surface area contributed by atoms with Crippen LogP contribution in [0.4, 0.5) is 0 Å². The molecule has 1 aromatic rings. The summed E-state index contributed by atoms with van der Waals surface area (Å²) in [6, 6.07) is 3.45. The predicted molar refractivity (Wildman–Crippen MR) is 113 cm³/mol. The van der Waals surface area contributed by atoms with Crippen LogP contribution in [0.15, 0.2) is 18.2 Å². The van der Waals surface area contributed by atoms with Crippen molar-refractivity contribution >= 4 is 21.9 Å². The maximum Gasteiger partial charge on any atom is 0.328 e. The summed E-state index contributed by atoms with van der Waals surface area (Å²) in [6.45, 7) is 0. The zero-order valence-corrected chi connectivity index (χ0v) is 18.9. The highest BCUT2D eigenvalue weighted by atomic mass is 32.2. The first kappa shape index (κ1) is 23.3. The molecule has 0 spiro atoms. The van der Waals surface area contributed by atoms with Crippen molar-refractivity contribution in [1.82, 2.24) is 10.0 Å². The summed E-state index contributed by atoms with van der Waals surface area (Å²) in [4.78, 5) is 25.4. The fourth-order valence-electron chi connectivity index (χ4n) is 4.25. The van der Waals surface area contributed by atoms with Crippen LogP contribution in [0.1, 0.15) is 37.7 Å². The number of methoxy groups -OCH3 is 2. The van der Waals surface area contributed by atoms with Gasteiger partial charge in [0.05, 0.1) is 26.6 Å². The summed E-state index contributed by atoms with van der Waals surface area (Å²) in [6.07, 6.45) is 4.77. The molecular weight excluding hydrogens is 424 g/mol. The predicted octanol–water partition coefficient (Wildman–Crippen LogP) is 1.15. The van der Waals surface area contributed by atoms with Crippen LogP contribution < -0.4 is 19.5 Å². The molecule has 2 aliphatic heterocycles. The van der Waals surface area contributed by atoms with Gasteiger partial charge in [0, 0.05) is 6.42 Å². The van der Waals surface area contributed by atoms with E-state index in [9.17, 15) is 18.0 Å². The summed E-state index contributed by atoms with van der Waals surface area (Å²) >= 11 is 0. The first-order chi connectivity index (χ1) is 14.7. The van der Waals surface area contributed by atoms with Gasteiger partial charge >= 0.3 is 5.97 Å². The van der Waals surface area contributed by atoms with E-state index in [1.807, 2.05) is 6.07 Å². The minimum Gasteiger partial charge on any atom is -0.493 e. The van der Waals surface area contributed by atoms with Gasteiger partial charge < -0.3 is 19.5 Å². The van der Waals surface area contributed by atoms with Gasteiger partial charge in [-0.3, -0.25) is 4.79 Å². The third kappa shape index (κ3) is 6.33. The van der Waals surface area contributed by atoms with Crippen molar-refractivity contribution in [3.05, 3.63) is 23.8 Å². The van der Waals surface area contributed by atoms with Gasteiger partial charge in [0.25, 0.3) is 0 Å². The van der Waals surface area contributed by atoms with Gasteiger partial charge in [0.15, 0.2) is 11.5 Å². The highest BCUT2D eigenvalue weighted by molar-refractivity contribution is 7.88. The van der Waals surface area contributed by atoms with E-state index >= 15 is 0 Å². The number of hydrogen-bond acceptors (Lipinski definition) is 7. The van der Waals surface area contributed by atoms with Crippen molar-refractivity contribution in [3.63, 3.8) is 0 Å². The molecule has 1 saturated carbocycles. The lowest BCUT2D eigenvalue weighted by Gasteiger charge is -2.32. The Bertz CT molecular complexity index is 910. The highest BCUT2D eigenvalue weighted by Crippen LogP contribution is 2.35. The largest absolute Gasteiger partial charge is 0.493 e. The molecule has 0 unspecified atom stereocenters. The number of carbonyl (C=O) groups excluding carboxylic acids is 2. The van der Waals surface area contributed by atoms with Crippen LogP contribution in [-0.4, -0.2) is 59.0 Å². The summed E-state index contributed by atoms with van der Waals surface area (Å²) < 4.78 is 42.7. The van der Waals surface area contributed by atoms with Crippen molar-refractivity contribution in [2.24, 2.45) is 5.92 Å². The second-order valence-corrected chi connectivity index (χ2v) is 9.99. The van der Waals surface area contributed by atoms with Crippen LogP contribution >= 0.6 is 0 Å². The Kier molecular flexibility index (Phi) is 7.42. The van der Waals surface area contributed by atoms with E-state index in [1.165, 1.54) is 7.11 Å². The normalized spacial score (nSPS) is 26.9. The van der Waals surface area contributed by atoms with Crippen molar-refractivity contribution < 1.29 is 32.2 Å². The third-order valence-electron chi connectivity index (χ3n) is 5.80. The lowest BCUT2D eigenvalue weighted by Crippen LogP contribution is -2.53. The zero-order valence-electron chi connectivity index (χ0n) is 18.1. The fourth-order valence-corrected chi connectivity index (χ4v) is 4.97. The topological polar surface area (TPSA) is 120 Å². The Morgan fingerprint density at radius 1 is 1.19 bits per heavy atom. The van der Waals surface area contributed by atoms with Gasteiger partial charge in [-0.2, -0.15) is 0 Å². The van der Waals surface area contributed by atoms with E-state index in [4.69, 9.17) is 14.2 Å². The SMILES string of the molecule is COC(=O)[C@@H]1Cc2ccc(OC)c(c2)O[C@H]2CC[C@H](CC2)C[C@H](NS(C)(=O)=O)C(=O)N1. The van der Waals surface area contributed by atoms with Crippen LogP contribution in [0.3, 0.4) is 0 Å². The van der Waals surface area contributed by atoms with Gasteiger partial charge in [-0.1, -0.05) is 6.07 Å². The molecule has 0 aromatic heterocycles. The van der Waals surface area contributed by atoms with Gasteiger partial charge in [0.1, 0.15) is 12.1 Å². The number of fused-ring (bicyclic) bond motifs is 7. The molecule has 0 radical (unpaired) electrons. The van der Waals surface area contributed by atoms with Crippen molar-refractivity contribution in [1.29, 1.82) is 0 Å². The van der Waals surface area contributed by atoms with E-state index in [0.29, 0.717) is 17.9 Å². The van der Waals surface area contributed by atoms with E-state index in [2.05, 4.69) is 10.0 Å². The average molecular weight is 455 g/mol. The second kappa shape index (κ2) is 9.86. The molecule has 10 heteroatoms. The zero-order chi connectivity index (χ0) is 22.6. The van der Waals surface area contributed by atoms with Crippen molar-refractivity contribution in [2.75, 3.05) is 20.5 Å². The molecule has 2 atom stereocenters. The average Bonchev–Trinajstić information content (AvgIpc) is 2.72. The van der Waals surface area contributed by atoms with Crippen LogP contribution in [0, 0.1) is 5.92 Å². The quantitative estimate of drug-likeness (QED) is 0.655. The number of ether oxygens (including phenoxy) is 3. The maximum atomic E-state index is 13.0. The smallest absolute Gasteiger partial charge is 0.328 e. The molecule has 31 heavy (non-hydrogen) atoms. The molecule has 1 aliphatic carbocycles. The molecule has 1 aromatic carbocycles. The summed E-state index contributed by atoms with van der Waals surface area (Å²) in [5, 5.41) is 2.68. The van der Waals surface area contributed by atoms with Gasteiger partial charge in [-0.25, -0.2) is 17.9 Å². The lowest BCUT2D eigenvalue weighted by molar-refractivity contribution is -0.145. The van der Waals surface area contributed by atoms with Gasteiger partial charge in [-0.15, -0.1) is 0 Å². The maximum absolute atomic E-state index is 13.0. The van der Waals surface area contributed by atoms with Crippen LogP contribution in [0.25, 0.3) is 0 Å². The summed E-state index contributed by atoms with van der Waals surface area (Å²) in [7, 11) is -0.798.